The Morgan fingerprint density at radius 3 is 2.37 bits per heavy atom. The molecule has 4 rings (SSSR count). The van der Waals surface area contributed by atoms with E-state index in [2.05, 4.69) is 27.2 Å². The number of nitrogens with one attached hydrogen (secondary N) is 2. The van der Waals surface area contributed by atoms with Crippen molar-refractivity contribution in [1.29, 1.82) is 5.41 Å². The fourth-order valence-corrected chi connectivity index (χ4v) is 4.48. The first-order chi connectivity index (χ1) is 18.2. The highest BCUT2D eigenvalue weighted by Crippen LogP contribution is 2.29. The number of anilines is 1. The Hall–Kier alpha value is -4.25. The fraction of sp³-hybridized carbons (Fsp3) is 0.370. The second-order valence-corrected chi connectivity index (χ2v) is 9.39. The van der Waals surface area contributed by atoms with Gasteiger partial charge in [0.1, 0.15) is 28.6 Å². The van der Waals surface area contributed by atoms with E-state index in [0.717, 1.165) is 31.6 Å². The molecule has 0 amide bonds. The van der Waals surface area contributed by atoms with Crippen molar-refractivity contribution in [3.8, 4) is 34.1 Å². The van der Waals surface area contributed by atoms with E-state index in [0.29, 0.717) is 45.8 Å². The van der Waals surface area contributed by atoms with E-state index < -0.39 is 0 Å². The Labute approximate surface area is 221 Å². The van der Waals surface area contributed by atoms with E-state index in [9.17, 15) is 4.79 Å². The number of methoxy groups -OCH3 is 2. The van der Waals surface area contributed by atoms with Crippen molar-refractivity contribution >= 4 is 17.6 Å². The van der Waals surface area contributed by atoms with Gasteiger partial charge >= 0.3 is 0 Å². The molecule has 3 heterocycles. The molecule has 1 aliphatic heterocycles. The van der Waals surface area contributed by atoms with Crippen molar-refractivity contribution in [2.24, 2.45) is 7.05 Å². The van der Waals surface area contributed by atoms with Gasteiger partial charge in [-0.15, -0.1) is 0 Å². The number of allylic oxidation sites excluding steroid dienone is 2. The van der Waals surface area contributed by atoms with Gasteiger partial charge in [0.15, 0.2) is 5.82 Å². The standard InChI is InChI=1S/C27H34N8O3/c1-16(31-18-6-8-34(2)9-7-18)21(13-28)22-14-30-26(29)25(32-22)23-15-35(3)27(36)24(33-23)17-10-19(37-4)12-20(11-17)38-5/h10-15,18,28,31H,6-9H2,1-5H3,(H2,29,30)/b21-16+,28-13?. The quantitative estimate of drug-likeness (QED) is 0.383. The van der Waals surface area contributed by atoms with Gasteiger partial charge < -0.3 is 35.4 Å². The van der Waals surface area contributed by atoms with Gasteiger partial charge in [-0.05, 0) is 52.0 Å². The molecule has 2 aromatic heterocycles. The molecule has 1 aliphatic rings. The molecule has 0 radical (unpaired) electrons. The van der Waals surface area contributed by atoms with Crippen LogP contribution in [0.4, 0.5) is 5.82 Å². The number of benzene rings is 1. The number of rotatable bonds is 8. The Kier molecular flexibility index (Phi) is 8.06. The van der Waals surface area contributed by atoms with Crippen molar-refractivity contribution in [3.05, 3.63) is 52.3 Å². The van der Waals surface area contributed by atoms with E-state index in [4.69, 9.17) is 25.6 Å². The van der Waals surface area contributed by atoms with Crippen LogP contribution in [0.25, 0.3) is 28.2 Å². The summed E-state index contributed by atoms with van der Waals surface area (Å²) in [5.74, 6) is 1.23. The van der Waals surface area contributed by atoms with Gasteiger partial charge in [-0.25, -0.2) is 15.0 Å². The van der Waals surface area contributed by atoms with Crippen molar-refractivity contribution in [1.82, 2.24) is 29.7 Å². The van der Waals surface area contributed by atoms with Crippen LogP contribution in [0.1, 0.15) is 25.5 Å². The van der Waals surface area contributed by atoms with Crippen LogP contribution in [0.2, 0.25) is 0 Å². The first kappa shape index (κ1) is 26.8. The number of nitrogens with two attached hydrogens (primary N) is 1. The summed E-state index contributed by atoms with van der Waals surface area (Å²) in [4.78, 5) is 29.1. The topological polar surface area (TPSA) is 144 Å². The smallest absolute Gasteiger partial charge is 0.276 e. The van der Waals surface area contributed by atoms with Crippen LogP contribution < -0.4 is 26.1 Å². The summed E-state index contributed by atoms with van der Waals surface area (Å²) in [5.41, 5.74) is 9.30. The van der Waals surface area contributed by atoms with E-state index in [1.807, 2.05) is 6.92 Å². The molecule has 200 valence electrons. The summed E-state index contributed by atoms with van der Waals surface area (Å²) < 4.78 is 12.2. The number of hydrogen-bond donors (Lipinski definition) is 3. The highest BCUT2D eigenvalue weighted by Gasteiger charge is 2.20. The highest BCUT2D eigenvalue weighted by molar-refractivity contribution is 6.08. The number of piperidine rings is 1. The van der Waals surface area contributed by atoms with Crippen LogP contribution in [0.15, 0.2) is 41.1 Å². The molecule has 0 atom stereocenters. The van der Waals surface area contributed by atoms with Gasteiger partial charge in [0.2, 0.25) is 0 Å². The molecule has 0 spiro atoms. The molecule has 0 bridgehead atoms. The summed E-state index contributed by atoms with van der Waals surface area (Å²) in [6, 6.07) is 5.48. The van der Waals surface area contributed by atoms with E-state index >= 15 is 0 Å². The Balaban J connectivity index is 1.76. The lowest BCUT2D eigenvalue weighted by atomic mass is 10.0. The lowest BCUT2D eigenvalue weighted by molar-refractivity contribution is 0.242. The molecule has 1 aromatic carbocycles. The molecule has 11 nitrogen and oxygen atoms in total. The molecule has 1 fully saturated rings. The third kappa shape index (κ3) is 5.67. The number of nitrogen functional groups attached to an aromatic ring is 1. The summed E-state index contributed by atoms with van der Waals surface area (Å²) in [6.45, 7) is 3.99. The summed E-state index contributed by atoms with van der Waals surface area (Å²) in [6.07, 6.45) is 6.44. The predicted molar refractivity (Wildman–Crippen MR) is 148 cm³/mol. The Morgan fingerprint density at radius 2 is 1.76 bits per heavy atom. The van der Waals surface area contributed by atoms with Gasteiger partial charge in [0.05, 0.1) is 26.1 Å². The minimum atomic E-state index is -0.301. The molecule has 3 aromatic rings. The Bertz CT molecular complexity index is 1400. The summed E-state index contributed by atoms with van der Waals surface area (Å²) in [5, 5.41) is 11.6. The monoisotopic (exact) mass is 518 g/mol. The number of hydrogen-bond acceptors (Lipinski definition) is 10. The summed E-state index contributed by atoms with van der Waals surface area (Å²) >= 11 is 0. The second kappa shape index (κ2) is 11.4. The normalized spacial score (nSPS) is 15.1. The van der Waals surface area contributed by atoms with Crippen LogP contribution in [0.5, 0.6) is 11.5 Å². The third-order valence-corrected chi connectivity index (χ3v) is 6.70. The molecular weight excluding hydrogens is 484 g/mol. The van der Waals surface area contributed by atoms with E-state index in [1.165, 1.54) is 10.8 Å². The van der Waals surface area contributed by atoms with Crippen molar-refractivity contribution < 1.29 is 9.47 Å². The van der Waals surface area contributed by atoms with Crippen LogP contribution in [-0.4, -0.2) is 71.0 Å². The molecule has 0 unspecified atom stereocenters. The van der Waals surface area contributed by atoms with Crippen LogP contribution in [0, 0.1) is 5.41 Å². The number of aryl methyl sites for hydroxylation is 1. The van der Waals surface area contributed by atoms with Gasteiger partial charge in [0.25, 0.3) is 5.56 Å². The van der Waals surface area contributed by atoms with Gasteiger partial charge in [-0.1, -0.05) is 0 Å². The molecule has 1 saturated heterocycles. The molecule has 0 aliphatic carbocycles. The average molecular weight is 519 g/mol. The van der Waals surface area contributed by atoms with Crippen LogP contribution in [0.3, 0.4) is 0 Å². The Morgan fingerprint density at radius 1 is 1.11 bits per heavy atom. The minimum Gasteiger partial charge on any atom is -0.497 e. The molecule has 4 N–H and O–H groups in total. The van der Waals surface area contributed by atoms with Crippen LogP contribution in [-0.2, 0) is 7.05 Å². The van der Waals surface area contributed by atoms with Crippen molar-refractivity contribution in [2.75, 3.05) is 40.1 Å². The largest absolute Gasteiger partial charge is 0.497 e. The minimum absolute atomic E-state index is 0.166. The number of ether oxygens (including phenoxy) is 2. The lowest BCUT2D eigenvalue weighted by Crippen LogP contribution is -2.40. The summed E-state index contributed by atoms with van der Waals surface area (Å²) in [7, 11) is 6.85. The SMILES string of the molecule is COc1cc(OC)cc(-c2nc(-c3nc(/C(C=N)=C(\C)NC4CCN(C)CC4)cnc3N)cn(C)c2=O)c1. The number of nitrogens with zero attached hydrogens (tertiary/aromatic N) is 5. The van der Waals surface area contributed by atoms with Gasteiger partial charge in [0, 0.05) is 48.4 Å². The van der Waals surface area contributed by atoms with Crippen molar-refractivity contribution in [2.45, 2.75) is 25.8 Å². The zero-order valence-corrected chi connectivity index (χ0v) is 22.4. The zero-order chi connectivity index (χ0) is 27.4. The average Bonchev–Trinajstić information content (AvgIpc) is 2.92. The van der Waals surface area contributed by atoms with Gasteiger partial charge in [-0.3, -0.25) is 4.79 Å². The predicted octanol–water partition coefficient (Wildman–Crippen LogP) is 2.57. The fourth-order valence-electron chi connectivity index (χ4n) is 4.48. The van der Waals surface area contributed by atoms with E-state index in [1.54, 1.807) is 51.9 Å². The third-order valence-electron chi connectivity index (χ3n) is 6.70. The lowest BCUT2D eigenvalue weighted by Gasteiger charge is -2.30. The molecule has 11 heteroatoms. The van der Waals surface area contributed by atoms with Crippen molar-refractivity contribution in [3.63, 3.8) is 0 Å². The number of likely N-dealkylation sites (tertiary alicyclic amines) is 1. The maximum Gasteiger partial charge on any atom is 0.276 e. The maximum atomic E-state index is 13.1. The second-order valence-electron chi connectivity index (χ2n) is 9.39. The molecular formula is C27H34N8O3. The maximum absolute atomic E-state index is 13.1. The first-order valence-electron chi connectivity index (χ1n) is 12.3. The molecule has 0 saturated carbocycles. The van der Waals surface area contributed by atoms with Crippen LogP contribution >= 0.6 is 0 Å². The highest BCUT2D eigenvalue weighted by atomic mass is 16.5. The van der Waals surface area contributed by atoms with E-state index in [-0.39, 0.29) is 17.1 Å². The number of aromatic nitrogens is 4. The molecule has 38 heavy (non-hydrogen) atoms. The zero-order valence-electron chi connectivity index (χ0n) is 22.4. The van der Waals surface area contributed by atoms with Gasteiger partial charge in [-0.2, -0.15) is 0 Å². The first-order valence-corrected chi connectivity index (χ1v) is 12.3.